The molecule has 0 spiro atoms. The maximum atomic E-state index is 12.4. The summed E-state index contributed by atoms with van der Waals surface area (Å²) in [7, 11) is 0. The molecule has 0 amide bonds. The molecular weight excluding hydrogens is 332 g/mol. The molecule has 1 heterocycles. The quantitative estimate of drug-likeness (QED) is 0.386. The Morgan fingerprint density at radius 2 is 1.73 bits per heavy atom. The van der Waals surface area contributed by atoms with Gasteiger partial charge in [0.1, 0.15) is 22.6 Å². The fraction of sp³-hybridized carbons (Fsp3) is 0.238. The van der Waals surface area contributed by atoms with Crippen molar-refractivity contribution in [2.24, 2.45) is 0 Å². The highest BCUT2D eigenvalue weighted by Crippen LogP contribution is 2.22. The molecule has 0 bridgehead atoms. The van der Waals surface area contributed by atoms with Crippen LogP contribution in [0.2, 0.25) is 0 Å². The Morgan fingerprint density at radius 3 is 2.42 bits per heavy atom. The summed E-state index contributed by atoms with van der Waals surface area (Å²) in [4.78, 5) is 24.6. The van der Waals surface area contributed by atoms with Crippen LogP contribution in [0.5, 0.6) is 11.5 Å². The smallest absolute Gasteiger partial charge is 0.351 e. The van der Waals surface area contributed by atoms with Crippen molar-refractivity contribution in [3.8, 4) is 11.5 Å². The van der Waals surface area contributed by atoms with Gasteiger partial charge in [-0.05, 0) is 61.7 Å². The largest absolute Gasteiger partial charge is 0.493 e. The van der Waals surface area contributed by atoms with Crippen molar-refractivity contribution < 1.29 is 18.7 Å². The zero-order valence-electron chi connectivity index (χ0n) is 15.0. The van der Waals surface area contributed by atoms with E-state index in [1.807, 2.05) is 26.8 Å². The molecule has 2 aromatic carbocycles. The van der Waals surface area contributed by atoms with E-state index in [-0.39, 0.29) is 5.56 Å². The number of carbonyl (C=O) groups excluding carboxylic acids is 1. The summed E-state index contributed by atoms with van der Waals surface area (Å²) in [5.74, 6) is 0.278. The molecule has 0 aliphatic heterocycles. The van der Waals surface area contributed by atoms with Gasteiger partial charge in [-0.1, -0.05) is 13.0 Å². The van der Waals surface area contributed by atoms with Crippen molar-refractivity contribution >= 4 is 16.9 Å². The Balaban J connectivity index is 1.90. The number of rotatable bonds is 5. The maximum Gasteiger partial charge on any atom is 0.351 e. The third kappa shape index (κ3) is 3.94. The van der Waals surface area contributed by atoms with E-state index in [1.54, 1.807) is 30.3 Å². The molecule has 134 valence electrons. The molecule has 0 N–H and O–H groups in total. The fourth-order valence-electron chi connectivity index (χ4n) is 2.70. The first kappa shape index (κ1) is 17.7. The Morgan fingerprint density at radius 1 is 1.00 bits per heavy atom. The van der Waals surface area contributed by atoms with Crippen LogP contribution < -0.4 is 15.1 Å². The van der Waals surface area contributed by atoms with Gasteiger partial charge in [0, 0.05) is 11.5 Å². The average Bonchev–Trinajstić information content (AvgIpc) is 2.58. The van der Waals surface area contributed by atoms with E-state index < -0.39 is 11.6 Å². The zero-order chi connectivity index (χ0) is 18.7. The molecule has 1 aromatic heterocycles. The molecule has 3 rings (SSSR count). The first-order valence-corrected chi connectivity index (χ1v) is 8.47. The van der Waals surface area contributed by atoms with E-state index in [4.69, 9.17) is 13.9 Å². The van der Waals surface area contributed by atoms with Crippen molar-refractivity contribution in [3.05, 3.63) is 69.6 Å². The number of hydrogen-bond acceptors (Lipinski definition) is 5. The van der Waals surface area contributed by atoms with E-state index in [1.165, 1.54) is 6.07 Å². The summed E-state index contributed by atoms with van der Waals surface area (Å²) in [6.45, 7) is 6.41. The predicted octanol–water partition coefficient (Wildman–Crippen LogP) is 4.42. The minimum Gasteiger partial charge on any atom is -0.493 e. The number of benzene rings is 2. The lowest BCUT2D eigenvalue weighted by Gasteiger charge is -2.08. The van der Waals surface area contributed by atoms with Gasteiger partial charge in [-0.25, -0.2) is 9.59 Å². The molecule has 0 saturated carbocycles. The highest BCUT2D eigenvalue weighted by Gasteiger charge is 2.17. The van der Waals surface area contributed by atoms with Gasteiger partial charge in [0.05, 0.1) is 6.61 Å². The van der Waals surface area contributed by atoms with Crippen LogP contribution in [0.3, 0.4) is 0 Å². The molecule has 5 heteroatoms. The van der Waals surface area contributed by atoms with Crippen LogP contribution in [0.15, 0.2) is 51.7 Å². The summed E-state index contributed by atoms with van der Waals surface area (Å²) in [5.41, 5.74) is 1.43. The second-order valence-electron chi connectivity index (χ2n) is 6.21. The second kappa shape index (κ2) is 7.44. The van der Waals surface area contributed by atoms with E-state index in [9.17, 15) is 9.59 Å². The fourth-order valence-corrected chi connectivity index (χ4v) is 2.70. The van der Waals surface area contributed by atoms with Gasteiger partial charge in [0.25, 0.3) is 0 Å². The molecule has 0 unspecified atom stereocenters. The summed E-state index contributed by atoms with van der Waals surface area (Å²) in [6.07, 6.45) is 0.880. The highest BCUT2D eigenvalue weighted by molar-refractivity contribution is 5.94. The Bertz CT molecular complexity index is 996. The van der Waals surface area contributed by atoms with Gasteiger partial charge in [-0.2, -0.15) is 0 Å². The Kier molecular flexibility index (Phi) is 5.07. The number of carbonyl (C=O) groups is 1. The first-order chi connectivity index (χ1) is 12.5. The van der Waals surface area contributed by atoms with Crippen molar-refractivity contribution in [2.75, 3.05) is 6.61 Å². The van der Waals surface area contributed by atoms with Crippen LogP contribution in [-0.2, 0) is 0 Å². The van der Waals surface area contributed by atoms with E-state index >= 15 is 0 Å². The van der Waals surface area contributed by atoms with Crippen LogP contribution in [0, 0.1) is 13.8 Å². The summed E-state index contributed by atoms with van der Waals surface area (Å²) < 4.78 is 16.2. The maximum absolute atomic E-state index is 12.4. The minimum absolute atomic E-state index is 0.140. The van der Waals surface area contributed by atoms with Crippen LogP contribution in [-0.4, -0.2) is 12.6 Å². The third-order valence-electron chi connectivity index (χ3n) is 3.81. The molecule has 0 aliphatic rings. The molecule has 3 aromatic rings. The molecule has 0 aliphatic carbocycles. The Hall–Kier alpha value is -3.08. The molecule has 26 heavy (non-hydrogen) atoms. The highest BCUT2D eigenvalue weighted by atomic mass is 16.5. The van der Waals surface area contributed by atoms with Crippen molar-refractivity contribution in [1.29, 1.82) is 0 Å². The molecule has 5 nitrogen and oxygen atoms in total. The Labute approximate surface area is 151 Å². The number of fused-ring (bicyclic) bond motifs is 1. The standard InChI is InChI=1S/C21H20O5/c1-4-7-24-16-6-5-15-11-18(21(23)26-19(15)12-16)20(22)25-17-9-13(2)8-14(3)10-17/h5-6,8-12H,4,7H2,1-3H3. The topological polar surface area (TPSA) is 65.7 Å². The lowest BCUT2D eigenvalue weighted by molar-refractivity contribution is 0.0730. The minimum atomic E-state index is -0.739. The monoisotopic (exact) mass is 352 g/mol. The summed E-state index contributed by atoms with van der Waals surface area (Å²) in [6, 6.07) is 12.1. The van der Waals surface area contributed by atoms with Gasteiger partial charge in [0.2, 0.25) is 0 Å². The van der Waals surface area contributed by atoms with Crippen molar-refractivity contribution in [1.82, 2.24) is 0 Å². The van der Waals surface area contributed by atoms with Gasteiger partial charge in [-0.15, -0.1) is 0 Å². The lowest BCUT2D eigenvalue weighted by atomic mass is 10.1. The summed E-state index contributed by atoms with van der Waals surface area (Å²) >= 11 is 0. The van der Waals surface area contributed by atoms with Crippen LogP contribution >= 0.6 is 0 Å². The van der Waals surface area contributed by atoms with Gasteiger partial charge < -0.3 is 13.9 Å². The lowest BCUT2D eigenvalue weighted by Crippen LogP contribution is -2.18. The molecular formula is C21H20O5. The molecule has 0 atom stereocenters. The van der Waals surface area contributed by atoms with Crippen LogP contribution in [0.1, 0.15) is 34.8 Å². The summed E-state index contributed by atoms with van der Waals surface area (Å²) in [5, 5.41) is 0.626. The molecule has 0 fully saturated rings. The van der Waals surface area contributed by atoms with Crippen LogP contribution in [0.25, 0.3) is 11.0 Å². The number of aryl methyl sites for hydroxylation is 2. The molecule has 0 radical (unpaired) electrons. The number of esters is 1. The SMILES string of the molecule is CCCOc1ccc2cc(C(=O)Oc3cc(C)cc(C)c3)c(=O)oc2c1. The third-order valence-corrected chi connectivity index (χ3v) is 3.81. The predicted molar refractivity (Wildman–Crippen MR) is 99.1 cm³/mol. The van der Waals surface area contributed by atoms with Gasteiger partial charge >= 0.3 is 11.6 Å². The number of ether oxygens (including phenoxy) is 2. The van der Waals surface area contributed by atoms with E-state index in [2.05, 4.69) is 0 Å². The zero-order valence-corrected chi connectivity index (χ0v) is 15.0. The normalized spacial score (nSPS) is 10.7. The van der Waals surface area contributed by atoms with E-state index in [0.717, 1.165) is 17.5 Å². The van der Waals surface area contributed by atoms with Gasteiger partial charge in [0.15, 0.2) is 0 Å². The number of hydrogen-bond donors (Lipinski definition) is 0. The second-order valence-corrected chi connectivity index (χ2v) is 6.21. The van der Waals surface area contributed by atoms with Crippen LogP contribution in [0.4, 0.5) is 0 Å². The van der Waals surface area contributed by atoms with Gasteiger partial charge in [-0.3, -0.25) is 0 Å². The first-order valence-electron chi connectivity index (χ1n) is 8.47. The van der Waals surface area contributed by atoms with Crippen molar-refractivity contribution in [2.45, 2.75) is 27.2 Å². The van der Waals surface area contributed by atoms with E-state index in [0.29, 0.717) is 29.1 Å². The molecule has 0 saturated heterocycles. The average molecular weight is 352 g/mol. The van der Waals surface area contributed by atoms with Crippen molar-refractivity contribution in [3.63, 3.8) is 0 Å².